The monoisotopic (exact) mass is 539 g/mol. The summed E-state index contributed by atoms with van der Waals surface area (Å²) in [6, 6.07) is 34.6. The normalized spacial score (nSPS) is 11.6. The molecule has 0 aliphatic rings. The molecule has 0 saturated heterocycles. The van der Waals surface area contributed by atoms with E-state index < -0.39 is 0 Å². The van der Waals surface area contributed by atoms with Crippen LogP contribution in [0.15, 0.2) is 130 Å². The first kappa shape index (κ1) is 24.5. The highest BCUT2D eigenvalue weighted by molar-refractivity contribution is 6.02. The number of hydrogen-bond donors (Lipinski definition) is 0. The fourth-order valence-electron chi connectivity index (χ4n) is 4.92. The molecule has 41 heavy (non-hydrogen) atoms. The minimum absolute atomic E-state index is 0.165. The molecule has 7 heteroatoms. The van der Waals surface area contributed by atoms with Gasteiger partial charge in [0, 0.05) is 10.9 Å². The van der Waals surface area contributed by atoms with Crippen LogP contribution in [-0.4, -0.2) is 15.9 Å². The van der Waals surface area contributed by atoms with Gasteiger partial charge in [-0.3, -0.25) is 4.79 Å². The quantitative estimate of drug-likeness (QED) is 0.205. The molecule has 7 aromatic rings. The first-order chi connectivity index (χ1) is 20.1. The van der Waals surface area contributed by atoms with Gasteiger partial charge in [-0.05, 0) is 58.8 Å². The van der Waals surface area contributed by atoms with Crippen LogP contribution >= 0.6 is 0 Å². The van der Waals surface area contributed by atoms with E-state index in [0.29, 0.717) is 39.1 Å². The molecule has 2 aromatic heterocycles. The zero-order valence-electron chi connectivity index (χ0n) is 21.7. The van der Waals surface area contributed by atoms with Gasteiger partial charge in [0.1, 0.15) is 23.8 Å². The molecule has 0 amide bonds. The van der Waals surface area contributed by atoms with E-state index in [1.54, 1.807) is 36.5 Å². The van der Waals surface area contributed by atoms with Gasteiger partial charge in [0.15, 0.2) is 5.76 Å². The number of fused-ring (bicyclic) bond motifs is 3. The van der Waals surface area contributed by atoms with Gasteiger partial charge in [0.25, 0.3) is 5.56 Å². The van der Waals surface area contributed by atoms with E-state index in [9.17, 15) is 9.18 Å². The lowest BCUT2D eigenvalue weighted by Gasteiger charge is -2.12. The summed E-state index contributed by atoms with van der Waals surface area (Å²) in [6.45, 7) is 0.165. The Kier molecular flexibility index (Phi) is 6.09. The Morgan fingerprint density at radius 3 is 2.46 bits per heavy atom. The summed E-state index contributed by atoms with van der Waals surface area (Å²) in [5.74, 6) is 0.923. The summed E-state index contributed by atoms with van der Waals surface area (Å²) in [4.78, 5) is 18.5. The second-order valence-electron chi connectivity index (χ2n) is 9.58. The van der Waals surface area contributed by atoms with Crippen molar-refractivity contribution in [1.29, 1.82) is 0 Å². The molecule has 0 saturated carbocycles. The number of furan rings is 1. The molecule has 0 atom stereocenters. The molecule has 5 aromatic carbocycles. The van der Waals surface area contributed by atoms with E-state index in [2.05, 4.69) is 5.10 Å². The van der Waals surface area contributed by atoms with Crippen LogP contribution in [0.3, 0.4) is 0 Å². The minimum atomic E-state index is -0.329. The highest BCUT2D eigenvalue weighted by Crippen LogP contribution is 2.29. The van der Waals surface area contributed by atoms with Crippen LogP contribution in [0.2, 0.25) is 0 Å². The number of halogens is 1. The molecule has 7 rings (SSSR count). The first-order valence-electron chi connectivity index (χ1n) is 13.1. The lowest BCUT2D eigenvalue weighted by Crippen LogP contribution is -2.20. The van der Waals surface area contributed by atoms with E-state index in [0.717, 1.165) is 16.2 Å². The Morgan fingerprint density at radius 1 is 0.829 bits per heavy atom. The SMILES string of the molecule is O=c1c2ccccc2nc(-c2cc3ccccc3o2)n1N=Cc1c(OCc2cccc(F)c2)ccc2ccccc12. The summed E-state index contributed by atoms with van der Waals surface area (Å²) in [5.41, 5.74) is 2.27. The summed E-state index contributed by atoms with van der Waals surface area (Å²) >= 11 is 0. The number of aromatic nitrogens is 2. The predicted octanol–water partition coefficient (Wildman–Crippen LogP) is 7.56. The highest BCUT2D eigenvalue weighted by atomic mass is 19.1. The average Bonchev–Trinajstić information content (AvgIpc) is 3.44. The lowest BCUT2D eigenvalue weighted by atomic mass is 10.0. The van der Waals surface area contributed by atoms with Gasteiger partial charge in [-0.2, -0.15) is 9.78 Å². The topological polar surface area (TPSA) is 69.6 Å². The fourth-order valence-corrected chi connectivity index (χ4v) is 4.92. The van der Waals surface area contributed by atoms with Crippen molar-refractivity contribution >= 4 is 38.9 Å². The van der Waals surface area contributed by atoms with Crippen molar-refractivity contribution in [2.75, 3.05) is 0 Å². The minimum Gasteiger partial charge on any atom is -0.488 e. The Morgan fingerprint density at radius 2 is 1.61 bits per heavy atom. The Hall–Kier alpha value is -5.56. The molecule has 0 radical (unpaired) electrons. The summed E-state index contributed by atoms with van der Waals surface area (Å²) in [6.07, 6.45) is 1.60. The average molecular weight is 540 g/mol. The zero-order chi connectivity index (χ0) is 27.8. The van der Waals surface area contributed by atoms with Crippen molar-refractivity contribution in [3.8, 4) is 17.3 Å². The molecule has 0 N–H and O–H groups in total. The number of hydrogen-bond acceptors (Lipinski definition) is 5. The van der Waals surface area contributed by atoms with Crippen LogP contribution < -0.4 is 10.3 Å². The Labute approximate surface area is 233 Å². The maximum atomic E-state index is 13.8. The first-order valence-corrected chi connectivity index (χ1v) is 13.1. The molecule has 0 bridgehead atoms. The van der Waals surface area contributed by atoms with Gasteiger partial charge in [-0.25, -0.2) is 9.37 Å². The van der Waals surface area contributed by atoms with Crippen molar-refractivity contribution in [2.24, 2.45) is 5.10 Å². The third-order valence-electron chi connectivity index (χ3n) is 6.92. The second-order valence-corrected chi connectivity index (χ2v) is 9.58. The van der Waals surface area contributed by atoms with Crippen molar-refractivity contribution < 1.29 is 13.5 Å². The molecule has 198 valence electrons. The van der Waals surface area contributed by atoms with Crippen molar-refractivity contribution in [1.82, 2.24) is 9.66 Å². The Bertz CT molecular complexity index is 2130. The smallest absolute Gasteiger partial charge is 0.282 e. The maximum absolute atomic E-state index is 13.8. The van der Waals surface area contributed by atoms with Crippen LogP contribution in [0.1, 0.15) is 11.1 Å². The van der Waals surface area contributed by atoms with Gasteiger partial charge < -0.3 is 9.15 Å². The van der Waals surface area contributed by atoms with Crippen LogP contribution in [0.25, 0.3) is 44.2 Å². The third-order valence-corrected chi connectivity index (χ3v) is 6.92. The van der Waals surface area contributed by atoms with E-state index in [1.165, 1.54) is 16.8 Å². The number of rotatable bonds is 6. The maximum Gasteiger partial charge on any atom is 0.282 e. The molecule has 2 heterocycles. The van der Waals surface area contributed by atoms with Crippen molar-refractivity contribution in [2.45, 2.75) is 6.61 Å². The largest absolute Gasteiger partial charge is 0.488 e. The number of ether oxygens (including phenoxy) is 1. The number of nitrogens with zero attached hydrogens (tertiary/aromatic N) is 3. The van der Waals surface area contributed by atoms with Crippen LogP contribution in [0.5, 0.6) is 5.75 Å². The molecule has 0 unspecified atom stereocenters. The second kappa shape index (κ2) is 10.2. The van der Waals surface area contributed by atoms with Gasteiger partial charge in [-0.1, -0.05) is 72.8 Å². The molecule has 0 spiro atoms. The summed E-state index contributed by atoms with van der Waals surface area (Å²) in [5, 5.41) is 7.86. The van der Waals surface area contributed by atoms with Crippen molar-refractivity contribution in [3.05, 3.63) is 143 Å². The Balaban J connectivity index is 1.38. The van der Waals surface area contributed by atoms with Gasteiger partial charge >= 0.3 is 0 Å². The van der Waals surface area contributed by atoms with Crippen LogP contribution in [0, 0.1) is 5.82 Å². The third kappa shape index (κ3) is 4.63. The molecule has 0 aliphatic carbocycles. The number of benzene rings is 5. The van der Waals surface area contributed by atoms with Crippen LogP contribution in [0.4, 0.5) is 4.39 Å². The molecular weight excluding hydrogens is 517 g/mol. The molecule has 0 aliphatic heterocycles. The van der Waals surface area contributed by atoms with Gasteiger partial charge in [0.05, 0.1) is 17.1 Å². The summed E-state index contributed by atoms with van der Waals surface area (Å²) in [7, 11) is 0. The van der Waals surface area contributed by atoms with E-state index in [4.69, 9.17) is 14.1 Å². The molecule has 6 nitrogen and oxygen atoms in total. The van der Waals surface area contributed by atoms with Gasteiger partial charge in [-0.15, -0.1) is 0 Å². The standard InChI is InChI=1S/C34H22FN3O3/c35-25-11-7-8-22(18-25)21-40-31-17-16-23-9-1-3-12-26(23)28(31)20-36-38-33(32-19-24-10-2-6-15-30(24)41-32)37-29-14-5-4-13-27(29)34(38)39/h1-20H,21H2. The highest BCUT2D eigenvalue weighted by Gasteiger charge is 2.17. The fraction of sp³-hybridized carbons (Fsp3) is 0.0294. The number of para-hydroxylation sites is 2. The van der Waals surface area contributed by atoms with E-state index >= 15 is 0 Å². The summed E-state index contributed by atoms with van der Waals surface area (Å²) < 4.78 is 27.3. The van der Waals surface area contributed by atoms with E-state index in [1.807, 2.05) is 72.8 Å². The molecule has 0 fully saturated rings. The molecular formula is C34H22FN3O3. The van der Waals surface area contributed by atoms with Gasteiger partial charge in [0.2, 0.25) is 5.82 Å². The van der Waals surface area contributed by atoms with E-state index in [-0.39, 0.29) is 23.8 Å². The zero-order valence-corrected chi connectivity index (χ0v) is 21.7. The predicted molar refractivity (Wildman–Crippen MR) is 159 cm³/mol. The van der Waals surface area contributed by atoms with Crippen molar-refractivity contribution in [3.63, 3.8) is 0 Å². The van der Waals surface area contributed by atoms with Crippen LogP contribution in [-0.2, 0) is 6.61 Å². The lowest BCUT2D eigenvalue weighted by molar-refractivity contribution is 0.305.